The third-order valence-electron chi connectivity index (χ3n) is 3.58. The van der Waals surface area contributed by atoms with E-state index < -0.39 is 0 Å². The number of amides is 1. The number of nitrogens with one attached hydrogen (secondary N) is 1. The smallest absolute Gasteiger partial charge is 0.238 e. The Kier molecular flexibility index (Phi) is 5.68. The number of nitrogens with zero attached hydrogens (tertiary/aromatic N) is 1. The van der Waals surface area contributed by atoms with Crippen LogP contribution in [0.15, 0.2) is 18.2 Å². The first-order chi connectivity index (χ1) is 9.65. The summed E-state index contributed by atoms with van der Waals surface area (Å²) in [7, 11) is 0. The Morgan fingerprint density at radius 3 is 2.55 bits per heavy atom. The molecule has 110 valence electrons. The summed E-state index contributed by atoms with van der Waals surface area (Å²) in [5.41, 5.74) is 6.89. The first-order valence-electron chi connectivity index (χ1n) is 7.22. The van der Waals surface area contributed by atoms with Crippen molar-refractivity contribution in [1.82, 2.24) is 4.90 Å². The van der Waals surface area contributed by atoms with Gasteiger partial charge in [0.25, 0.3) is 0 Å². The predicted molar refractivity (Wildman–Crippen MR) is 84.0 cm³/mol. The lowest BCUT2D eigenvalue weighted by atomic mass is 10.1. The van der Waals surface area contributed by atoms with E-state index in [2.05, 4.69) is 10.2 Å². The van der Waals surface area contributed by atoms with Crippen molar-refractivity contribution >= 4 is 28.9 Å². The first-order valence-corrected chi connectivity index (χ1v) is 7.60. The molecule has 1 saturated heterocycles. The fraction of sp³-hybridized carbons (Fsp3) is 0.533. The number of benzene rings is 1. The maximum Gasteiger partial charge on any atom is 0.238 e. The molecular weight excluding hydrogens is 274 g/mol. The van der Waals surface area contributed by atoms with E-state index in [0.717, 1.165) is 13.1 Å². The van der Waals surface area contributed by atoms with Crippen molar-refractivity contribution in [3.05, 3.63) is 23.2 Å². The van der Waals surface area contributed by atoms with Gasteiger partial charge in [-0.25, -0.2) is 0 Å². The minimum Gasteiger partial charge on any atom is -0.399 e. The number of likely N-dealkylation sites (tertiary alicyclic amines) is 1. The highest BCUT2D eigenvalue weighted by Crippen LogP contribution is 2.24. The number of nitrogens with two attached hydrogens (primary N) is 1. The van der Waals surface area contributed by atoms with Crippen molar-refractivity contribution in [3.63, 3.8) is 0 Å². The van der Waals surface area contributed by atoms with Crippen LogP contribution in [0, 0.1) is 0 Å². The normalized spacial score (nSPS) is 17.2. The lowest BCUT2D eigenvalue weighted by molar-refractivity contribution is -0.117. The Balaban J connectivity index is 1.89. The lowest BCUT2D eigenvalue weighted by Crippen LogP contribution is -2.35. The molecule has 1 amide bonds. The molecule has 4 nitrogen and oxygen atoms in total. The molecule has 0 atom stereocenters. The molecule has 1 aromatic rings. The van der Waals surface area contributed by atoms with Crippen LogP contribution < -0.4 is 11.1 Å². The zero-order valence-electron chi connectivity index (χ0n) is 11.7. The van der Waals surface area contributed by atoms with Crippen LogP contribution in [0.5, 0.6) is 0 Å². The monoisotopic (exact) mass is 295 g/mol. The summed E-state index contributed by atoms with van der Waals surface area (Å²) in [6.07, 6.45) is 6.19. The average molecular weight is 296 g/mol. The summed E-state index contributed by atoms with van der Waals surface area (Å²) >= 11 is 6.05. The zero-order chi connectivity index (χ0) is 14.4. The van der Waals surface area contributed by atoms with Crippen molar-refractivity contribution in [3.8, 4) is 0 Å². The molecule has 3 N–H and O–H groups in total. The minimum absolute atomic E-state index is 0.0296. The first kappa shape index (κ1) is 15.1. The third-order valence-corrected chi connectivity index (χ3v) is 3.91. The molecule has 20 heavy (non-hydrogen) atoms. The Morgan fingerprint density at radius 1 is 1.20 bits per heavy atom. The van der Waals surface area contributed by atoms with Gasteiger partial charge in [0.15, 0.2) is 0 Å². The summed E-state index contributed by atoms with van der Waals surface area (Å²) < 4.78 is 0. The standard InChI is InChI=1S/C15H22ClN3O/c16-13-7-6-12(17)10-14(13)18-15(20)11-19-8-4-2-1-3-5-9-19/h6-7,10H,1-5,8-9,11,17H2,(H,18,20). The molecule has 0 bridgehead atoms. The van der Waals surface area contributed by atoms with Gasteiger partial charge in [0, 0.05) is 5.69 Å². The molecule has 1 aliphatic heterocycles. The van der Waals surface area contributed by atoms with Crippen molar-refractivity contribution < 1.29 is 4.79 Å². The molecule has 0 saturated carbocycles. The quantitative estimate of drug-likeness (QED) is 0.842. The van der Waals surface area contributed by atoms with Crippen molar-refractivity contribution in [2.45, 2.75) is 32.1 Å². The largest absolute Gasteiger partial charge is 0.399 e. The number of carbonyl (C=O) groups is 1. The highest BCUT2D eigenvalue weighted by Gasteiger charge is 2.13. The van der Waals surface area contributed by atoms with Crippen LogP contribution in [0.4, 0.5) is 11.4 Å². The Bertz CT molecular complexity index is 456. The average Bonchev–Trinajstić information content (AvgIpc) is 2.37. The van der Waals surface area contributed by atoms with Crippen molar-refractivity contribution in [2.75, 3.05) is 30.7 Å². The summed E-state index contributed by atoms with van der Waals surface area (Å²) in [4.78, 5) is 14.3. The molecule has 0 aliphatic carbocycles. The number of anilines is 2. The van der Waals surface area contributed by atoms with Crippen molar-refractivity contribution in [1.29, 1.82) is 0 Å². The van der Waals surface area contributed by atoms with E-state index in [1.165, 1.54) is 32.1 Å². The second-order valence-corrected chi connectivity index (χ2v) is 5.74. The molecule has 1 heterocycles. The highest BCUT2D eigenvalue weighted by molar-refractivity contribution is 6.33. The molecule has 5 heteroatoms. The number of halogens is 1. The summed E-state index contributed by atoms with van der Waals surface area (Å²) in [6, 6.07) is 5.10. The van der Waals surface area contributed by atoms with E-state index >= 15 is 0 Å². The van der Waals surface area contributed by atoms with Gasteiger partial charge >= 0.3 is 0 Å². The predicted octanol–water partition coefficient (Wildman–Crippen LogP) is 3.13. The van der Waals surface area contributed by atoms with Crippen LogP contribution in [0.3, 0.4) is 0 Å². The SMILES string of the molecule is Nc1ccc(Cl)c(NC(=O)CN2CCCCCCC2)c1. The van der Waals surface area contributed by atoms with E-state index in [1.807, 2.05) is 0 Å². The molecule has 1 fully saturated rings. The molecule has 0 radical (unpaired) electrons. The maximum absolute atomic E-state index is 12.1. The fourth-order valence-corrected chi connectivity index (χ4v) is 2.67. The van der Waals surface area contributed by atoms with Crippen LogP contribution in [0.1, 0.15) is 32.1 Å². The van der Waals surface area contributed by atoms with Crippen LogP contribution in [0.2, 0.25) is 5.02 Å². The van der Waals surface area contributed by atoms with Gasteiger partial charge < -0.3 is 11.1 Å². The summed E-state index contributed by atoms with van der Waals surface area (Å²) in [6.45, 7) is 2.42. The number of nitrogen functional groups attached to an aromatic ring is 1. The lowest BCUT2D eigenvalue weighted by Gasteiger charge is -2.23. The highest BCUT2D eigenvalue weighted by atomic mass is 35.5. The third kappa shape index (κ3) is 4.69. The fourth-order valence-electron chi connectivity index (χ4n) is 2.50. The van der Waals surface area contributed by atoms with Crippen LogP contribution in [-0.4, -0.2) is 30.4 Å². The molecule has 0 unspecified atom stereocenters. The summed E-state index contributed by atoms with van der Waals surface area (Å²) in [5.74, 6) is -0.0296. The molecular formula is C15H22ClN3O. The van der Waals surface area contributed by atoms with E-state index in [9.17, 15) is 4.79 Å². The summed E-state index contributed by atoms with van der Waals surface area (Å²) in [5, 5.41) is 3.36. The van der Waals surface area contributed by atoms with Crippen LogP contribution >= 0.6 is 11.6 Å². The molecule has 1 aliphatic rings. The van der Waals surface area contributed by atoms with Crippen LogP contribution in [-0.2, 0) is 4.79 Å². The van der Waals surface area contributed by atoms with E-state index in [-0.39, 0.29) is 5.91 Å². The number of hydrogen-bond acceptors (Lipinski definition) is 3. The van der Waals surface area contributed by atoms with Gasteiger partial charge in [-0.2, -0.15) is 0 Å². The molecule has 0 spiro atoms. The van der Waals surface area contributed by atoms with Gasteiger partial charge in [-0.3, -0.25) is 9.69 Å². The number of rotatable bonds is 3. The van der Waals surface area contributed by atoms with Crippen molar-refractivity contribution in [2.24, 2.45) is 0 Å². The van der Waals surface area contributed by atoms with Gasteiger partial charge in [0.2, 0.25) is 5.91 Å². The van der Waals surface area contributed by atoms with E-state index in [0.29, 0.717) is 22.9 Å². The number of carbonyl (C=O) groups excluding carboxylic acids is 1. The maximum atomic E-state index is 12.1. The number of hydrogen-bond donors (Lipinski definition) is 2. The van der Waals surface area contributed by atoms with Gasteiger partial charge in [-0.1, -0.05) is 30.9 Å². The van der Waals surface area contributed by atoms with E-state index in [1.54, 1.807) is 18.2 Å². The van der Waals surface area contributed by atoms with Gasteiger partial charge in [0.05, 0.1) is 17.3 Å². The Morgan fingerprint density at radius 2 is 1.85 bits per heavy atom. The topological polar surface area (TPSA) is 58.4 Å². The minimum atomic E-state index is -0.0296. The Hall–Kier alpha value is -1.26. The van der Waals surface area contributed by atoms with Crippen LogP contribution in [0.25, 0.3) is 0 Å². The van der Waals surface area contributed by atoms with Gasteiger partial charge in [-0.05, 0) is 44.1 Å². The second-order valence-electron chi connectivity index (χ2n) is 5.33. The zero-order valence-corrected chi connectivity index (χ0v) is 12.5. The van der Waals surface area contributed by atoms with Gasteiger partial charge in [0.1, 0.15) is 0 Å². The Labute approximate surface area is 125 Å². The molecule has 2 rings (SSSR count). The van der Waals surface area contributed by atoms with Gasteiger partial charge in [-0.15, -0.1) is 0 Å². The molecule has 1 aromatic carbocycles. The molecule has 0 aromatic heterocycles. The van der Waals surface area contributed by atoms with E-state index in [4.69, 9.17) is 17.3 Å². The second kappa shape index (κ2) is 7.50.